The third kappa shape index (κ3) is 5.28. The Morgan fingerprint density at radius 3 is 2.50 bits per heavy atom. The lowest BCUT2D eigenvalue weighted by molar-refractivity contribution is 0.280. The molecule has 0 fully saturated rings. The van der Waals surface area contributed by atoms with Crippen LogP contribution in [-0.2, 0) is 6.42 Å². The molecule has 0 aliphatic rings. The van der Waals surface area contributed by atoms with Gasteiger partial charge in [0.05, 0.1) is 10.7 Å². The van der Waals surface area contributed by atoms with Crippen LogP contribution < -0.4 is 5.73 Å². The Labute approximate surface area is 116 Å². The Morgan fingerprint density at radius 2 is 1.89 bits per heavy atom. The fraction of sp³-hybridized carbons (Fsp3) is 0.600. The molecule has 3 heteroatoms. The van der Waals surface area contributed by atoms with E-state index in [0.717, 1.165) is 13.0 Å². The van der Waals surface area contributed by atoms with Gasteiger partial charge >= 0.3 is 0 Å². The molecule has 1 aromatic rings. The second-order valence-corrected chi connectivity index (χ2v) is 5.15. The fourth-order valence-electron chi connectivity index (χ4n) is 2.07. The van der Waals surface area contributed by atoms with Crippen LogP contribution in [0, 0.1) is 0 Å². The number of aryl methyl sites for hydroxylation is 1. The smallest absolute Gasteiger partial charge is 0.0635 e. The number of unbranched alkanes of at least 4 members (excludes halogenated alkanes) is 1. The Morgan fingerprint density at radius 1 is 1.17 bits per heavy atom. The molecule has 0 aromatic heterocycles. The molecular weight excluding hydrogens is 244 g/mol. The number of anilines is 1. The highest BCUT2D eigenvalue weighted by Gasteiger charge is 2.03. The van der Waals surface area contributed by atoms with Crippen LogP contribution in [0.2, 0.25) is 5.02 Å². The van der Waals surface area contributed by atoms with E-state index in [1.54, 1.807) is 0 Å². The summed E-state index contributed by atoms with van der Waals surface area (Å²) in [5.41, 5.74) is 7.77. The van der Waals surface area contributed by atoms with E-state index in [1.165, 1.54) is 37.9 Å². The third-order valence-electron chi connectivity index (χ3n) is 3.28. The maximum Gasteiger partial charge on any atom is 0.0635 e. The fourth-order valence-corrected chi connectivity index (χ4v) is 2.18. The van der Waals surface area contributed by atoms with Crippen LogP contribution in [0.3, 0.4) is 0 Å². The zero-order valence-electron chi connectivity index (χ0n) is 11.6. The van der Waals surface area contributed by atoms with E-state index < -0.39 is 0 Å². The molecule has 0 aliphatic carbocycles. The number of hydrogen-bond donors (Lipinski definition) is 1. The van der Waals surface area contributed by atoms with Crippen molar-refractivity contribution >= 4 is 17.3 Å². The quantitative estimate of drug-likeness (QED) is 0.723. The molecule has 2 nitrogen and oxygen atoms in total. The molecule has 102 valence electrons. The van der Waals surface area contributed by atoms with Crippen molar-refractivity contribution < 1.29 is 0 Å². The van der Waals surface area contributed by atoms with Gasteiger partial charge in [0.1, 0.15) is 0 Å². The molecule has 2 N–H and O–H groups in total. The summed E-state index contributed by atoms with van der Waals surface area (Å²) in [5.74, 6) is 0. The van der Waals surface area contributed by atoms with E-state index in [0.29, 0.717) is 10.7 Å². The van der Waals surface area contributed by atoms with E-state index in [4.69, 9.17) is 17.3 Å². The van der Waals surface area contributed by atoms with Crippen LogP contribution in [0.5, 0.6) is 0 Å². The SMILES string of the molecule is CCCCN(CC)CCCc1ccc(Cl)c(N)c1. The first kappa shape index (κ1) is 15.3. The highest BCUT2D eigenvalue weighted by atomic mass is 35.5. The average Bonchev–Trinajstić information content (AvgIpc) is 2.37. The van der Waals surface area contributed by atoms with Crippen molar-refractivity contribution in [3.8, 4) is 0 Å². The molecular formula is C15H25ClN2. The Bertz CT molecular complexity index is 352. The maximum atomic E-state index is 5.91. The lowest BCUT2D eigenvalue weighted by Crippen LogP contribution is -2.25. The van der Waals surface area contributed by atoms with Gasteiger partial charge in [-0.2, -0.15) is 0 Å². The van der Waals surface area contributed by atoms with Gasteiger partial charge in [0.2, 0.25) is 0 Å². The van der Waals surface area contributed by atoms with Crippen molar-refractivity contribution in [2.45, 2.75) is 39.5 Å². The average molecular weight is 269 g/mol. The Hall–Kier alpha value is -0.730. The lowest BCUT2D eigenvalue weighted by atomic mass is 10.1. The number of nitrogens with two attached hydrogens (primary N) is 1. The molecule has 1 aromatic carbocycles. The van der Waals surface area contributed by atoms with Gasteiger partial charge in [0.25, 0.3) is 0 Å². The predicted octanol–water partition coefficient (Wildman–Crippen LogP) is 3.98. The topological polar surface area (TPSA) is 29.3 Å². The van der Waals surface area contributed by atoms with Crippen molar-refractivity contribution in [2.75, 3.05) is 25.4 Å². The second kappa shape index (κ2) is 8.39. The molecule has 0 atom stereocenters. The van der Waals surface area contributed by atoms with Crippen LogP contribution in [-0.4, -0.2) is 24.5 Å². The Kier molecular flexibility index (Phi) is 7.14. The van der Waals surface area contributed by atoms with E-state index in [-0.39, 0.29) is 0 Å². The molecule has 0 saturated heterocycles. The summed E-state index contributed by atoms with van der Waals surface area (Å²) in [5, 5.41) is 0.650. The second-order valence-electron chi connectivity index (χ2n) is 4.75. The number of halogens is 1. The number of nitrogens with zero attached hydrogens (tertiary/aromatic N) is 1. The first-order valence-corrected chi connectivity index (χ1v) is 7.31. The minimum absolute atomic E-state index is 0.650. The van der Waals surface area contributed by atoms with Crippen LogP contribution in [0.1, 0.15) is 38.7 Å². The largest absolute Gasteiger partial charge is 0.398 e. The van der Waals surface area contributed by atoms with E-state index >= 15 is 0 Å². The molecule has 0 saturated carbocycles. The first-order chi connectivity index (χ1) is 8.67. The van der Waals surface area contributed by atoms with Gasteiger partial charge in [0.15, 0.2) is 0 Å². The van der Waals surface area contributed by atoms with Gasteiger partial charge < -0.3 is 10.6 Å². The molecule has 0 radical (unpaired) electrons. The van der Waals surface area contributed by atoms with Crippen molar-refractivity contribution in [1.29, 1.82) is 0 Å². The monoisotopic (exact) mass is 268 g/mol. The van der Waals surface area contributed by atoms with Crippen LogP contribution in [0.4, 0.5) is 5.69 Å². The molecule has 18 heavy (non-hydrogen) atoms. The Balaban J connectivity index is 2.33. The summed E-state index contributed by atoms with van der Waals surface area (Å²) in [4.78, 5) is 2.52. The van der Waals surface area contributed by atoms with E-state index in [1.807, 2.05) is 12.1 Å². The van der Waals surface area contributed by atoms with Crippen LogP contribution >= 0.6 is 11.6 Å². The van der Waals surface area contributed by atoms with Gasteiger partial charge in [-0.05, 0) is 56.6 Å². The predicted molar refractivity (Wildman–Crippen MR) is 81.2 cm³/mol. The zero-order chi connectivity index (χ0) is 13.4. The van der Waals surface area contributed by atoms with Gasteiger partial charge in [0, 0.05) is 0 Å². The van der Waals surface area contributed by atoms with Crippen LogP contribution in [0.25, 0.3) is 0 Å². The molecule has 1 rings (SSSR count). The number of nitrogen functional groups attached to an aromatic ring is 1. The van der Waals surface area contributed by atoms with Gasteiger partial charge in [-0.15, -0.1) is 0 Å². The summed E-state index contributed by atoms with van der Waals surface area (Å²) >= 11 is 5.91. The van der Waals surface area contributed by atoms with E-state index in [2.05, 4.69) is 24.8 Å². The van der Waals surface area contributed by atoms with Gasteiger partial charge in [-0.25, -0.2) is 0 Å². The summed E-state index contributed by atoms with van der Waals surface area (Å²) in [7, 11) is 0. The standard InChI is InChI=1S/C15H25ClN2/c1-3-5-10-18(4-2)11-6-7-13-8-9-14(16)15(17)12-13/h8-9,12H,3-7,10-11,17H2,1-2H3. The molecule has 0 bridgehead atoms. The normalized spacial score (nSPS) is 11.1. The molecule has 0 spiro atoms. The summed E-state index contributed by atoms with van der Waals surface area (Å²) < 4.78 is 0. The number of hydrogen-bond acceptors (Lipinski definition) is 2. The highest BCUT2D eigenvalue weighted by molar-refractivity contribution is 6.33. The zero-order valence-corrected chi connectivity index (χ0v) is 12.3. The number of rotatable bonds is 8. The molecule has 0 amide bonds. The number of benzene rings is 1. The van der Waals surface area contributed by atoms with Gasteiger partial charge in [-0.1, -0.05) is 37.9 Å². The van der Waals surface area contributed by atoms with E-state index in [9.17, 15) is 0 Å². The lowest BCUT2D eigenvalue weighted by Gasteiger charge is -2.19. The minimum atomic E-state index is 0.650. The van der Waals surface area contributed by atoms with Gasteiger partial charge in [-0.3, -0.25) is 0 Å². The minimum Gasteiger partial charge on any atom is -0.398 e. The molecule has 0 aliphatic heterocycles. The summed E-state index contributed by atoms with van der Waals surface area (Å²) in [6.45, 7) is 8.00. The third-order valence-corrected chi connectivity index (χ3v) is 3.62. The first-order valence-electron chi connectivity index (χ1n) is 6.93. The van der Waals surface area contributed by atoms with Crippen molar-refractivity contribution in [2.24, 2.45) is 0 Å². The van der Waals surface area contributed by atoms with Crippen molar-refractivity contribution in [1.82, 2.24) is 4.90 Å². The van der Waals surface area contributed by atoms with Crippen molar-refractivity contribution in [3.63, 3.8) is 0 Å². The molecule has 0 unspecified atom stereocenters. The summed E-state index contributed by atoms with van der Waals surface area (Å²) in [6.07, 6.45) is 4.81. The molecule has 0 heterocycles. The maximum absolute atomic E-state index is 5.91. The summed E-state index contributed by atoms with van der Waals surface area (Å²) in [6, 6.07) is 5.95. The highest BCUT2D eigenvalue weighted by Crippen LogP contribution is 2.20. The van der Waals surface area contributed by atoms with Crippen molar-refractivity contribution in [3.05, 3.63) is 28.8 Å². The van der Waals surface area contributed by atoms with Crippen LogP contribution in [0.15, 0.2) is 18.2 Å².